The van der Waals surface area contributed by atoms with E-state index in [2.05, 4.69) is 25.8 Å². The summed E-state index contributed by atoms with van der Waals surface area (Å²) < 4.78 is 110. The zero-order chi connectivity index (χ0) is 22.5. The molecule has 3 aromatic rings. The third kappa shape index (κ3) is 4.64. The van der Waals surface area contributed by atoms with Gasteiger partial charge in [0.2, 0.25) is 0 Å². The van der Waals surface area contributed by atoms with Crippen LogP contribution in [0.1, 0.15) is 16.8 Å². The Balaban J connectivity index is 2.02. The maximum Gasteiger partial charge on any atom is 0.416 e. The van der Waals surface area contributed by atoms with Gasteiger partial charge in [-0.3, -0.25) is 0 Å². The molecule has 0 amide bonds. The maximum absolute atomic E-state index is 13.0. The molecule has 2 aromatic heterocycles. The summed E-state index contributed by atoms with van der Waals surface area (Å²) in [5, 5.41) is 3.55. The molecule has 162 valence electrons. The number of aromatic nitrogens is 1. The molecule has 0 aliphatic carbocycles. The molecule has 0 saturated heterocycles. The van der Waals surface area contributed by atoms with Crippen LogP contribution in [0.5, 0.6) is 0 Å². The highest BCUT2D eigenvalue weighted by molar-refractivity contribution is 9.10. The van der Waals surface area contributed by atoms with Gasteiger partial charge in [-0.25, -0.2) is 13.1 Å². The number of hydrogen-bond acceptors (Lipinski definition) is 5. The molecule has 0 aliphatic rings. The van der Waals surface area contributed by atoms with Crippen molar-refractivity contribution in [2.75, 3.05) is 4.72 Å². The quantitative estimate of drug-likeness (QED) is 0.398. The summed E-state index contributed by atoms with van der Waals surface area (Å²) in [5.74, 6) is -0.221. The van der Waals surface area contributed by atoms with Crippen LogP contribution in [0.25, 0.3) is 10.4 Å². The normalized spacial score (nSPS) is 12.9. The van der Waals surface area contributed by atoms with Crippen molar-refractivity contribution in [2.45, 2.75) is 23.5 Å². The van der Waals surface area contributed by atoms with E-state index in [-0.39, 0.29) is 25.5 Å². The number of anilines is 1. The Labute approximate surface area is 177 Å². The molecule has 1 N–H and O–H groups in total. The van der Waals surface area contributed by atoms with Crippen molar-refractivity contribution >= 4 is 43.2 Å². The highest BCUT2D eigenvalue weighted by Crippen LogP contribution is 2.41. The predicted octanol–water partition coefficient (Wildman–Crippen LogP) is 6.31. The number of halogens is 7. The van der Waals surface area contributed by atoms with Gasteiger partial charge < -0.3 is 4.52 Å². The van der Waals surface area contributed by atoms with Crippen LogP contribution < -0.4 is 4.72 Å². The average molecular weight is 535 g/mol. The van der Waals surface area contributed by atoms with Gasteiger partial charge in [-0.15, -0.1) is 11.3 Å². The number of hydrogen-bond donors (Lipinski definition) is 1. The van der Waals surface area contributed by atoms with Crippen molar-refractivity contribution in [2.24, 2.45) is 0 Å². The number of benzene rings is 1. The van der Waals surface area contributed by atoms with E-state index in [1.54, 1.807) is 6.92 Å². The number of alkyl halides is 6. The minimum Gasteiger partial charge on any atom is -0.336 e. The molecule has 0 aliphatic heterocycles. The zero-order valence-corrected chi connectivity index (χ0v) is 17.7. The van der Waals surface area contributed by atoms with E-state index in [0.717, 1.165) is 12.1 Å². The highest BCUT2D eigenvalue weighted by Gasteiger charge is 2.37. The molecular weight excluding hydrogens is 526 g/mol. The smallest absolute Gasteiger partial charge is 0.336 e. The fourth-order valence-electron chi connectivity index (χ4n) is 2.31. The molecule has 3 rings (SSSR count). The summed E-state index contributed by atoms with van der Waals surface area (Å²) in [5.41, 5.74) is -3.04. The lowest BCUT2D eigenvalue weighted by Gasteiger charge is -2.13. The molecule has 5 nitrogen and oxygen atoms in total. The van der Waals surface area contributed by atoms with Crippen molar-refractivity contribution in [3.63, 3.8) is 0 Å². The second-order valence-electron chi connectivity index (χ2n) is 5.93. The third-order valence-corrected chi connectivity index (χ3v) is 7.63. The lowest BCUT2D eigenvalue weighted by molar-refractivity contribution is -0.143. The van der Waals surface area contributed by atoms with E-state index in [4.69, 9.17) is 4.52 Å². The van der Waals surface area contributed by atoms with Gasteiger partial charge in [-0.05, 0) is 58.7 Å². The first-order valence-corrected chi connectivity index (χ1v) is 10.8. The molecule has 0 unspecified atom stereocenters. The van der Waals surface area contributed by atoms with Crippen molar-refractivity contribution in [3.8, 4) is 10.4 Å². The number of nitrogens with one attached hydrogen (secondary N) is 1. The van der Waals surface area contributed by atoms with Crippen LogP contribution in [0.3, 0.4) is 0 Å². The van der Waals surface area contributed by atoms with E-state index in [1.165, 1.54) is 0 Å². The van der Waals surface area contributed by atoms with Gasteiger partial charge in [0.15, 0.2) is 0 Å². The molecule has 0 atom stereocenters. The summed E-state index contributed by atoms with van der Waals surface area (Å²) in [7, 11) is -4.23. The second-order valence-corrected chi connectivity index (χ2v) is 9.72. The van der Waals surface area contributed by atoms with Crippen molar-refractivity contribution in [1.29, 1.82) is 0 Å². The fourth-order valence-corrected chi connectivity index (χ4v) is 4.98. The molecule has 0 spiro atoms. The minimum absolute atomic E-state index is 0.0000833. The van der Waals surface area contributed by atoms with Crippen LogP contribution in [-0.2, 0) is 22.4 Å². The van der Waals surface area contributed by atoms with E-state index >= 15 is 0 Å². The maximum atomic E-state index is 13.0. The number of aryl methyl sites for hydroxylation is 1. The molecule has 14 heteroatoms. The Morgan fingerprint density at radius 2 is 1.60 bits per heavy atom. The standard InChI is InChI=1S/C16H9BrF6N2O3S2/c1-7-13(17)14(28-24-7)25-30(26,27)12-3-2-11(29-12)8-4-9(15(18,19)20)6-10(5-8)16(21,22)23/h2-6,25H,1H3. The Bertz CT molecular complexity index is 1170. The number of nitrogens with zero attached hydrogens (tertiary/aromatic N) is 1. The van der Waals surface area contributed by atoms with Gasteiger partial charge in [0, 0.05) is 4.88 Å². The molecule has 2 heterocycles. The summed E-state index contributed by atoms with van der Waals surface area (Å²) in [6, 6.07) is 3.24. The van der Waals surface area contributed by atoms with Crippen LogP contribution in [0.2, 0.25) is 0 Å². The Kier molecular flexibility index (Phi) is 5.71. The van der Waals surface area contributed by atoms with E-state index < -0.39 is 39.1 Å². The summed E-state index contributed by atoms with van der Waals surface area (Å²) >= 11 is 3.58. The molecular formula is C16H9BrF6N2O3S2. The van der Waals surface area contributed by atoms with Crippen molar-refractivity contribution < 1.29 is 39.3 Å². The van der Waals surface area contributed by atoms with Crippen LogP contribution >= 0.6 is 27.3 Å². The van der Waals surface area contributed by atoms with Gasteiger partial charge in [0.25, 0.3) is 15.9 Å². The van der Waals surface area contributed by atoms with Gasteiger partial charge in [-0.1, -0.05) is 5.16 Å². The first kappa shape index (κ1) is 22.6. The third-order valence-electron chi connectivity index (χ3n) is 3.74. The van der Waals surface area contributed by atoms with Crippen LogP contribution in [0.4, 0.5) is 32.2 Å². The molecule has 0 fully saturated rings. The largest absolute Gasteiger partial charge is 0.416 e. The van der Waals surface area contributed by atoms with Gasteiger partial charge in [-0.2, -0.15) is 26.3 Å². The Morgan fingerprint density at radius 1 is 1.03 bits per heavy atom. The number of rotatable bonds is 4. The molecule has 30 heavy (non-hydrogen) atoms. The second kappa shape index (κ2) is 7.57. The van der Waals surface area contributed by atoms with E-state index in [0.29, 0.717) is 29.2 Å². The number of thiophene rings is 1. The van der Waals surface area contributed by atoms with Gasteiger partial charge in [0.05, 0.1) is 16.8 Å². The zero-order valence-electron chi connectivity index (χ0n) is 14.5. The van der Waals surface area contributed by atoms with Crippen molar-refractivity contribution in [1.82, 2.24) is 5.16 Å². The summed E-state index contributed by atoms with van der Waals surface area (Å²) in [6.07, 6.45) is -10.0. The first-order valence-electron chi connectivity index (χ1n) is 7.73. The van der Waals surface area contributed by atoms with E-state index in [1.807, 2.05) is 0 Å². The first-order chi connectivity index (χ1) is 13.7. The van der Waals surface area contributed by atoms with E-state index in [9.17, 15) is 34.8 Å². The molecule has 0 bridgehead atoms. The van der Waals surface area contributed by atoms with Gasteiger partial charge >= 0.3 is 12.4 Å². The minimum atomic E-state index is -5.01. The number of sulfonamides is 1. The topological polar surface area (TPSA) is 72.2 Å². The predicted molar refractivity (Wildman–Crippen MR) is 99.5 cm³/mol. The lowest BCUT2D eigenvalue weighted by atomic mass is 10.0. The summed E-state index contributed by atoms with van der Waals surface area (Å²) in [4.78, 5) is -0.0974. The van der Waals surface area contributed by atoms with Crippen molar-refractivity contribution in [3.05, 3.63) is 51.6 Å². The van der Waals surface area contributed by atoms with Gasteiger partial charge in [0.1, 0.15) is 8.68 Å². The monoisotopic (exact) mass is 534 g/mol. The highest BCUT2D eigenvalue weighted by atomic mass is 79.9. The Hall–Kier alpha value is -2.06. The van der Waals surface area contributed by atoms with Crippen LogP contribution in [0, 0.1) is 6.92 Å². The fraction of sp³-hybridized carbons (Fsp3) is 0.188. The Morgan fingerprint density at radius 3 is 2.07 bits per heavy atom. The summed E-state index contributed by atoms with van der Waals surface area (Å²) in [6.45, 7) is 1.54. The van der Waals surface area contributed by atoms with Crippen LogP contribution in [0.15, 0.2) is 43.5 Å². The molecule has 1 aromatic carbocycles. The van der Waals surface area contributed by atoms with Crippen LogP contribution in [-0.4, -0.2) is 13.6 Å². The average Bonchev–Trinajstić information content (AvgIpc) is 3.23. The molecule has 0 saturated carbocycles. The lowest BCUT2D eigenvalue weighted by Crippen LogP contribution is -2.11. The molecule has 0 radical (unpaired) electrons. The SMILES string of the molecule is Cc1noc(NS(=O)(=O)c2ccc(-c3cc(C(F)(F)F)cc(C(F)(F)F)c3)s2)c1Br.